The number of carbonyl (C=O) groups excluding carboxylic acids is 2. The van der Waals surface area contributed by atoms with Gasteiger partial charge in [0.2, 0.25) is 0 Å². The Labute approximate surface area is 139 Å². The van der Waals surface area contributed by atoms with Crippen LogP contribution in [-0.4, -0.2) is 11.9 Å². The zero-order chi connectivity index (χ0) is 17.2. The van der Waals surface area contributed by atoms with Crippen LogP contribution in [0.15, 0.2) is 18.2 Å². The summed E-state index contributed by atoms with van der Waals surface area (Å²) in [4.78, 5) is 23.9. The molecule has 4 heteroatoms. The van der Waals surface area contributed by atoms with Crippen LogP contribution in [0.5, 0.6) is 11.5 Å². The molecule has 4 nitrogen and oxygen atoms in total. The van der Waals surface area contributed by atoms with Crippen molar-refractivity contribution in [2.75, 3.05) is 0 Å². The summed E-state index contributed by atoms with van der Waals surface area (Å²) in [6.07, 6.45) is 4.17. The fourth-order valence-corrected chi connectivity index (χ4v) is 2.16. The summed E-state index contributed by atoms with van der Waals surface area (Å²) in [7, 11) is 0. The highest BCUT2D eigenvalue weighted by atomic mass is 16.6. The average Bonchev–Trinajstić information content (AvgIpc) is 2.52. The highest BCUT2D eigenvalue weighted by Gasteiger charge is 2.19. The predicted octanol–water partition coefficient (Wildman–Crippen LogP) is 5.00. The van der Waals surface area contributed by atoms with Crippen molar-refractivity contribution in [2.24, 2.45) is 0 Å². The molecule has 1 rings (SSSR count). The Balaban J connectivity index is 2.97. The maximum Gasteiger partial charge on any atom is 0.311 e. The second-order valence-corrected chi connectivity index (χ2v) is 5.98. The lowest BCUT2D eigenvalue weighted by Crippen LogP contribution is -2.13. The third kappa shape index (κ3) is 6.43. The van der Waals surface area contributed by atoms with E-state index < -0.39 is 0 Å². The predicted molar refractivity (Wildman–Crippen MR) is 90.9 cm³/mol. The molecule has 0 bridgehead atoms. The number of hydrogen-bond acceptors (Lipinski definition) is 4. The molecule has 0 spiro atoms. The molecule has 0 aromatic heterocycles. The minimum Gasteiger partial charge on any atom is -0.423 e. The Morgan fingerprint density at radius 3 is 2.04 bits per heavy atom. The summed E-state index contributed by atoms with van der Waals surface area (Å²) >= 11 is 0. The fourth-order valence-electron chi connectivity index (χ4n) is 2.16. The molecule has 0 aliphatic heterocycles. The molecule has 0 N–H and O–H groups in total. The Morgan fingerprint density at radius 2 is 1.52 bits per heavy atom. The fraction of sp³-hybridized carbons (Fsp3) is 0.579. The smallest absolute Gasteiger partial charge is 0.311 e. The lowest BCUT2D eigenvalue weighted by molar-refractivity contribution is -0.137. The van der Waals surface area contributed by atoms with Crippen molar-refractivity contribution in [3.63, 3.8) is 0 Å². The van der Waals surface area contributed by atoms with Crippen molar-refractivity contribution >= 4 is 11.9 Å². The van der Waals surface area contributed by atoms with Gasteiger partial charge in [-0.3, -0.25) is 9.59 Å². The molecule has 0 saturated heterocycles. The monoisotopic (exact) mass is 320 g/mol. The molecule has 0 unspecified atom stereocenters. The van der Waals surface area contributed by atoms with E-state index in [1.54, 1.807) is 6.07 Å². The van der Waals surface area contributed by atoms with Crippen molar-refractivity contribution in [2.45, 2.75) is 72.1 Å². The van der Waals surface area contributed by atoms with Gasteiger partial charge in [-0.1, -0.05) is 52.7 Å². The van der Waals surface area contributed by atoms with E-state index in [4.69, 9.17) is 9.47 Å². The van der Waals surface area contributed by atoms with E-state index in [1.807, 2.05) is 39.8 Å². The van der Waals surface area contributed by atoms with Gasteiger partial charge in [0.25, 0.3) is 0 Å². The maximum absolute atomic E-state index is 12.0. The Morgan fingerprint density at radius 1 is 0.957 bits per heavy atom. The van der Waals surface area contributed by atoms with Crippen molar-refractivity contribution < 1.29 is 19.1 Å². The van der Waals surface area contributed by atoms with Crippen LogP contribution in [0, 0.1) is 0 Å². The number of benzene rings is 1. The molecule has 0 fully saturated rings. The van der Waals surface area contributed by atoms with Crippen LogP contribution >= 0.6 is 0 Å². The third-order valence-electron chi connectivity index (χ3n) is 3.54. The van der Waals surface area contributed by atoms with E-state index in [-0.39, 0.29) is 17.9 Å². The van der Waals surface area contributed by atoms with Gasteiger partial charge >= 0.3 is 11.9 Å². The molecule has 23 heavy (non-hydrogen) atoms. The summed E-state index contributed by atoms with van der Waals surface area (Å²) in [6.45, 7) is 8.08. The number of para-hydroxylation sites is 1. The van der Waals surface area contributed by atoms with Crippen LogP contribution < -0.4 is 9.47 Å². The molecular weight excluding hydrogens is 292 g/mol. The Hall–Kier alpha value is -1.84. The first kappa shape index (κ1) is 19.2. The SMILES string of the molecule is CCCCC(=O)Oc1cccc(C(C)C)c1OC(=O)CCCC. The maximum atomic E-state index is 12.0. The zero-order valence-corrected chi connectivity index (χ0v) is 14.7. The quantitative estimate of drug-likeness (QED) is 0.474. The zero-order valence-electron chi connectivity index (χ0n) is 14.7. The Bertz CT molecular complexity index is 520. The van der Waals surface area contributed by atoms with Crippen LogP contribution in [0.25, 0.3) is 0 Å². The molecule has 0 aliphatic rings. The normalized spacial score (nSPS) is 10.7. The van der Waals surface area contributed by atoms with E-state index in [0.29, 0.717) is 24.3 Å². The molecule has 128 valence electrons. The number of hydrogen-bond donors (Lipinski definition) is 0. The number of carbonyl (C=O) groups is 2. The number of unbranched alkanes of at least 4 members (excludes halogenated alkanes) is 2. The number of esters is 2. The van der Waals surface area contributed by atoms with Crippen LogP contribution in [0.2, 0.25) is 0 Å². The van der Waals surface area contributed by atoms with Gasteiger partial charge in [0.1, 0.15) is 0 Å². The highest BCUT2D eigenvalue weighted by Crippen LogP contribution is 2.36. The summed E-state index contributed by atoms with van der Waals surface area (Å²) in [5, 5.41) is 0. The first-order valence-electron chi connectivity index (χ1n) is 8.53. The average molecular weight is 320 g/mol. The third-order valence-corrected chi connectivity index (χ3v) is 3.54. The van der Waals surface area contributed by atoms with Crippen molar-refractivity contribution in [3.05, 3.63) is 23.8 Å². The van der Waals surface area contributed by atoms with Gasteiger partial charge in [-0.05, 0) is 24.8 Å². The minimum absolute atomic E-state index is 0.165. The number of rotatable bonds is 9. The molecule has 0 amide bonds. The summed E-state index contributed by atoms with van der Waals surface area (Å²) < 4.78 is 11.0. The van der Waals surface area contributed by atoms with Gasteiger partial charge in [-0.15, -0.1) is 0 Å². The van der Waals surface area contributed by atoms with Gasteiger partial charge in [0.05, 0.1) is 0 Å². The lowest BCUT2D eigenvalue weighted by Gasteiger charge is -2.16. The van der Waals surface area contributed by atoms with E-state index in [0.717, 1.165) is 31.2 Å². The topological polar surface area (TPSA) is 52.6 Å². The summed E-state index contributed by atoms with van der Waals surface area (Å²) in [6, 6.07) is 5.40. The first-order chi connectivity index (χ1) is 11.0. The molecule has 0 heterocycles. The summed E-state index contributed by atoms with van der Waals surface area (Å²) in [5.41, 5.74) is 0.871. The molecule has 0 radical (unpaired) electrons. The standard InChI is InChI=1S/C19H28O4/c1-5-7-12-17(20)22-16-11-9-10-15(14(3)4)19(16)23-18(21)13-8-6-2/h9-11,14H,5-8,12-13H2,1-4H3. The van der Waals surface area contributed by atoms with Gasteiger partial charge < -0.3 is 9.47 Å². The van der Waals surface area contributed by atoms with Crippen molar-refractivity contribution in [3.8, 4) is 11.5 Å². The Kier molecular flexibility index (Phi) is 8.38. The summed E-state index contributed by atoms with van der Waals surface area (Å²) in [5.74, 6) is 0.304. The van der Waals surface area contributed by atoms with E-state index in [9.17, 15) is 9.59 Å². The van der Waals surface area contributed by atoms with Crippen LogP contribution in [0.4, 0.5) is 0 Å². The lowest BCUT2D eigenvalue weighted by atomic mass is 10.0. The van der Waals surface area contributed by atoms with E-state index in [1.165, 1.54) is 0 Å². The first-order valence-corrected chi connectivity index (χ1v) is 8.53. The highest BCUT2D eigenvalue weighted by molar-refractivity contribution is 5.77. The molecule has 0 aliphatic carbocycles. The van der Waals surface area contributed by atoms with E-state index in [2.05, 4.69) is 0 Å². The van der Waals surface area contributed by atoms with Crippen molar-refractivity contribution in [1.29, 1.82) is 0 Å². The van der Waals surface area contributed by atoms with Crippen LogP contribution in [-0.2, 0) is 9.59 Å². The second kappa shape index (κ2) is 10.0. The molecule has 1 aromatic rings. The second-order valence-electron chi connectivity index (χ2n) is 5.98. The van der Waals surface area contributed by atoms with Gasteiger partial charge in [-0.25, -0.2) is 0 Å². The molecule has 0 atom stereocenters. The minimum atomic E-state index is -0.293. The van der Waals surface area contributed by atoms with E-state index >= 15 is 0 Å². The molecule has 0 saturated carbocycles. The van der Waals surface area contributed by atoms with Crippen LogP contribution in [0.1, 0.15) is 77.7 Å². The molecular formula is C19H28O4. The molecule has 1 aromatic carbocycles. The largest absolute Gasteiger partial charge is 0.423 e. The number of ether oxygens (including phenoxy) is 2. The van der Waals surface area contributed by atoms with Gasteiger partial charge in [0.15, 0.2) is 11.5 Å². The van der Waals surface area contributed by atoms with Crippen LogP contribution in [0.3, 0.4) is 0 Å². The van der Waals surface area contributed by atoms with Gasteiger partial charge in [0, 0.05) is 18.4 Å². The van der Waals surface area contributed by atoms with Gasteiger partial charge in [-0.2, -0.15) is 0 Å². The van der Waals surface area contributed by atoms with Crippen molar-refractivity contribution in [1.82, 2.24) is 0 Å².